The molecule has 0 bridgehead atoms. The smallest absolute Gasteiger partial charge is 0.416 e. The molecule has 0 unspecified atom stereocenters. The molecule has 1 heterocycles. The molecule has 25 heavy (non-hydrogen) atoms. The lowest BCUT2D eigenvalue weighted by atomic mass is 10.2. The first-order valence-electron chi connectivity index (χ1n) is 7.18. The molecule has 0 spiro atoms. The van der Waals surface area contributed by atoms with Gasteiger partial charge in [-0.3, -0.25) is 9.89 Å². The minimum atomic E-state index is -4.46. The number of nitrogens with one attached hydrogen (secondary N) is 2. The van der Waals surface area contributed by atoms with Gasteiger partial charge in [-0.1, -0.05) is 18.2 Å². The Morgan fingerprint density at radius 2 is 1.88 bits per heavy atom. The van der Waals surface area contributed by atoms with Gasteiger partial charge in [-0.2, -0.15) is 18.3 Å². The summed E-state index contributed by atoms with van der Waals surface area (Å²) in [4.78, 5) is 12.1. The summed E-state index contributed by atoms with van der Waals surface area (Å²) in [6, 6.07) is 12.4. The molecule has 1 aromatic heterocycles. The van der Waals surface area contributed by atoms with Gasteiger partial charge in [0.2, 0.25) is 0 Å². The highest BCUT2D eigenvalue weighted by Gasteiger charge is 2.30. The Morgan fingerprint density at radius 1 is 1.08 bits per heavy atom. The number of nitrogens with zero attached hydrogens (tertiary/aromatic N) is 1. The van der Waals surface area contributed by atoms with Crippen LogP contribution < -0.4 is 10.1 Å². The van der Waals surface area contributed by atoms with Gasteiger partial charge in [0.1, 0.15) is 11.4 Å². The van der Waals surface area contributed by atoms with E-state index in [-0.39, 0.29) is 17.2 Å². The highest BCUT2D eigenvalue weighted by Crippen LogP contribution is 2.34. The topological polar surface area (TPSA) is 67.0 Å². The first kappa shape index (κ1) is 16.6. The first-order chi connectivity index (χ1) is 11.9. The number of hydrogen-bond donors (Lipinski definition) is 2. The van der Waals surface area contributed by atoms with Crippen molar-refractivity contribution in [2.75, 3.05) is 5.32 Å². The monoisotopic (exact) mass is 347 g/mol. The van der Waals surface area contributed by atoms with Crippen LogP contribution in [-0.2, 0) is 6.18 Å². The predicted molar refractivity (Wildman–Crippen MR) is 84.5 cm³/mol. The Hall–Kier alpha value is -3.29. The molecule has 2 N–H and O–H groups in total. The standard InChI is InChI=1S/C17H12F3N3O2/c18-17(19,20)11-4-3-5-12(10-11)25-15-7-2-1-6-13(15)22-16(24)14-8-9-21-23-14/h1-10H,(H,21,23)(H,22,24). The fourth-order valence-corrected chi connectivity index (χ4v) is 2.09. The van der Waals surface area contributed by atoms with Crippen molar-refractivity contribution in [3.8, 4) is 11.5 Å². The number of alkyl halides is 3. The van der Waals surface area contributed by atoms with E-state index in [9.17, 15) is 18.0 Å². The molecule has 1 amide bonds. The van der Waals surface area contributed by atoms with E-state index < -0.39 is 17.6 Å². The zero-order chi connectivity index (χ0) is 17.9. The molecular formula is C17H12F3N3O2. The Bertz CT molecular complexity index is 877. The second-order valence-corrected chi connectivity index (χ2v) is 5.05. The number of aromatic nitrogens is 2. The number of aromatic amines is 1. The molecule has 0 fully saturated rings. The number of ether oxygens (including phenoxy) is 1. The second kappa shape index (κ2) is 6.68. The average molecular weight is 347 g/mol. The van der Waals surface area contributed by atoms with Gasteiger partial charge in [-0.05, 0) is 36.4 Å². The van der Waals surface area contributed by atoms with Crippen molar-refractivity contribution in [2.24, 2.45) is 0 Å². The maximum absolute atomic E-state index is 12.8. The molecule has 128 valence electrons. The van der Waals surface area contributed by atoms with E-state index in [2.05, 4.69) is 15.5 Å². The van der Waals surface area contributed by atoms with Gasteiger partial charge in [0.25, 0.3) is 5.91 Å². The highest BCUT2D eigenvalue weighted by molar-refractivity contribution is 6.03. The molecule has 3 aromatic rings. The number of para-hydroxylation sites is 2. The van der Waals surface area contributed by atoms with Crippen molar-refractivity contribution < 1.29 is 22.7 Å². The third-order valence-corrected chi connectivity index (χ3v) is 3.27. The van der Waals surface area contributed by atoms with E-state index in [4.69, 9.17) is 4.74 Å². The summed E-state index contributed by atoms with van der Waals surface area (Å²) >= 11 is 0. The van der Waals surface area contributed by atoms with Gasteiger partial charge < -0.3 is 10.1 Å². The zero-order valence-electron chi connectivity index (χ0n) is 12.7. The third-order valence-electron chi connectivity index (χ3n) is 3.27. The summed E-state index contributed by atoms with van der Waals surface area (Å²) in [5, 5.41) is 8.83. The summed E-state index contributed by atoms with van der Waals surface area (Å²) < 4.78 is 43.9. The van der Waals surface area contributed by atoms with E-state index in [1.807, 2.05) is 0 Å². The molecule has 0 aliphatic heterocycles. The zero-order valence-corrected chi connectivity index (χ0v) is 12.7. The van der Waals surface area contributed by atoms with Crippen LogP contribution >= 0.6 is 0 Å². The maximum Gasteiger partial charge on any atom is 0.416 e. The van der Waals surface area contributed by atoms with Crippen LogP contribution in [0.25, 0.3) is 0 Å². The van der Waals surface area contributed by atoms with E-state index in [0.29, 0.717) is 5.69 Å². The fraction of sp³-hybridized carbons (Fsp3) is 0.0588. The largest absolute Gasteiger partial charge is 0.455 e. The van der Waals surface area contributed by atoms with Crippen molar-refractivity contribution in [2.45, 2.75) is 6.18 Å². The molecule has 3 rings (SSSR count). The van der Waals surface area contributed by atoms with Gasteiger partial charge in [0.05, 0.1) is 11.3 Å². The van der Waals surface area contributed by atoms with Crippen molar-refractivity contribution in [3.05, 3.63) is 72.1 Å². The summed E-state index contributed by atoms with van der Waals surface area (Å²) in [6.45, 7) is 0. The summed E-state index contributed by atoms with van der Waals surface area (Å²) in [6.07, 6.45) is -3.03. The lowest BCUT2D eigenvalue weighted by molar-refractivity contribution is -0.137. The number of carbonyl (C=O) groups is 1. The fourth-order valence-electron chi connectivity index (χ4n) is 2.09. The van der Waals surface area contributed by atoms with Crippen molar-refractivity contribution in [3.63, 3.8) is 0 Å². The predicted octanol–water partition coefficient (Wildman–Crippen LogP) is 4.47. The van der Waals surface area contributed by atoms with Crippen molar-refractivity contribution in [1.29, 1.82) is 0 Å². The number of rotatable bonds is 4. The minimum absolute atomic E-state index is 0.0121. The molecule has 8 heteroatoms. The summed E-state index contributed by atoms with van der Waals surface area (Å²) in [5.74, 6) is -0.217. The minimum Gasteiger partial charge on any atom is -0.455 e. The van der Waals surface area contributed by atoms with Crippen LogP contribution in [-0.4, -0.2) is 16.1 Å². The molecular weight excluding hydrogens is 335 g/mol. The summed E-state index contributed by atoms with van der Waals surface area (Å²) in [7, 11) is 0. The van der Waals surface area contributed by atoms with Crippen LogP contribution in [0, 0.1) is 0 Å². The molecule has 0 saturated heterocycles. The van der Waals surface area contributed by atoms with Gasteiger partial charge in [0.15, 0.2) is 5.75 Å². The number of H-pyrrole nitrogens is 1. The lowest BCUT2D eigenvalue weighted by Crippen LogP contribution is -2.13. The highest BCUT2D eigenvalue weighted by atomic mass is 19.4. The first-order valence-corrected chi connectivity index (χ1v) is 7.18. The van der Waals surface area contributed by atoms with E-state index in [0.717, 1.165) is 12.1 Å². The maximum atomic E-state index is 12.8. The van der Waals surface area contributed by atoms with Crippen molar-refractivity contribution in [1.82, 2.24) is 10.2 Å². The number of anilines is 1. The van der Waals surface area contributed by atoms with Gasteiger partial charge in [-0.25, -0.2) is 0 Å². The van der Waals surface area contributed by atoms with Crippen molar-refractivity contribution >= 4 is 11.6 Å². The molecule has 2 aromatic carbocycles. The van der Waals surface area contributed by atoms with Gasteiger partial charge >= 0.3 is 6.18 Å². The number of amides is 1. The normalized spacial score (nSPS) is 11.2. The molecule has 0 aliphatic rings. The Labute approximate surface area is 140 Å². The van der Waals surface area contributed by atoms with Gasteiger partial charge in [0, 0.05) is 6.20 Å². The Balaban J connectivity index is 1.83. The van der Waals surface area contributed by atoms with Gasteiger partial charge in [-0.15, -0.1) is 0 Å². The van der Waals surface area contributed by atoms with E-state index in [1.54, 1.807) is 24.3 Å². The number of halogens is 3. The SMILES string of the molecule is O=C(Nc1ccccc1Oc1cccc(C(F)(F)F)c1)c1ccn[nH]1. The molecule has 0 radical (unpaired) electrons. The number of carbonyl (C=O) groups excluding carboxylic acids is 1. The number of hydrogen-bond acceptors (Lipinski definition) is 3. The van der Waals surface area contributed by atoms with Crippen LogP contribution in [0.4, 0.5) is 18.9 Å². The third kappa shape index (κ3) is 3.97. The Kier molecular flexibility index (Phi) is 4.42. The van der Waals surface area contributed by atoms with Crippen LogP contribution in [0.3, 0.4) is 0 Å². The lowest BCUT2D eigenvalue weighted by Gasteiger charge is -2.13. The average Bonchev–Trinajstić information content (AvgIpc) is 3.11. The Morgan fingerprint density at radius 3 is 2.60 bits per heavy atom. The number of benzene rings is 2. The van der Waals surface area contributed by atoms with E-state index in [1.165, 1.54) is 24.4 Å². The molecule has 0 aliphatic carbocycles. The van der Waals surface area contributed by atoms with Crippen LogP contribution in [0.2, 0.25) is 0 Å². The molecule has 0 saturated carbocycles. The molecule has 5 nitrogen and oxygen atoms in total. The van der Waals surface area contributed by atoms with Crippen LogP contribution in [0.15, 0.2) is 60.8 Å². The summed E-state index contributed by atoms with van der Waals surface area (Å²) in [5.41, 5.74) is -0.252. The molecule has 0 atom stereocenters. The quantitative estimate of drug-likeness (QED) is 0.732. The second-order valence-electron chi connectivity index (χ2n) is 5.05. The van der Waals surface area contributed by atoms with Crippen LogP contribution in [0.5, 0.6) is 11.5 Å². The van der Waals surface area contributed by atoms with E-state index >= 15 is 0 Å². The van der Waals surface area contributed by atoms with Crippen LogP contribution in [0.1, 0.15) is 16.1 Å².